The van der Waals surface area contributed by atoms with Crippen LogP contribution in [0.15, 0.2) is 42.5 Å². The number of rotatable bonds is 7. The van der Waals surface area contributed by atoms with Crippen molar-refractivity contribution in [3.63, 3.8) is 0 Å². The van der Waals surface area contributed by atoms with Crippen LogP contribution in [0.5, 0.6) is 5.75 Å². The Labute approximate surface area is 124 Å². The Kier molecular flexibility index (Phi) is 5.58. The summed E-state index contributed by atoms with van der Waals surface area (Å²) < 4.78 is 24.1. The average Bonchev–Trinajstić information content (AvgIpc) is 2.49. The number of nitrogens with one attached hydrogen (secondary N) is 1. The van der Waals surface area contributed by atoms with Crippen molar-refractivity contribution < 1.29 is 13.9 Å². The number of halogens is 1. The van der Waals surface area contributed by atoms with Gasteiger partial charge in [0.25, 0.3) is 0 Å². The van der Waals surface area contributed by atoms with Crippen molar-refractivity contribution in [3.05, 3.63) is 59.4 Å². The van der Waals surface area contributed by atoms with E-state index in [4.69, 9.17) is 9.47 Å². The first kappa shape index (κ1) is 15.3. The largest absolute Gasteiger partial charge is 0.491 e. The molecule has 0 spiro atoms. The standard InChI is InChI=1S/C17H20FNO2/c1-3-21-17-9-8-15(10-16(17)18)19-11-13-6-4-5-7-14(13)12-20-2/h4-10,19H,3,11-12H2,1-2H3. The van der Waals surface area contributed by atoms with Gasteiger partial charge in [-0.15, -0.1) is 0 Å². The van der Waals surface area contributed by atoms with E-state index >= 15 is 0 Å². The number of anilines is 1. The van der Waals surface area contributed by atoms with E-state index in [-0.39, 0.29) is 11.6 Å². The van der Waals surface area contributed by atoms with E-state index in [9.17, 15) is 4.39 Å². The molecule has 0 unspecified atom stereocenters. The Morgan fingerprint density at radius 2 is 1.86 bits per heavy atom. The van der Waals surface area contributed by atoms with Gasteiger partial charge in [0.1, 0.15) is 0 Å². The summed E-state index contributed by atoms with van der Waals surface area (Å²) in [6.07, 6.45) is 0. The molecular formula is C17H20FNO2. The Bertz CT molecular complexity index is 587. The minimum absolute atomic E-state index is 0.280. The van der Waals surface area contributed by atoms with Crippen LogP contribution >= 0.6 is 0 Å². The third-order valence-electron chi connectivity index (χ3n) is 3.13. The lowest BCUT2D eigenvalue weighted by Gasteiger charge is -2.12. The molecule has 2 aromatic rings. The van der Waals surface area contributed by atoms with Gasteiger partial charge in [-0.05, 0) is 30.2 Å². The van der Waals surface area contributed by atoms with E-state index in [1.54, 1.807) is 13.2 Å². The third-order valence-corrected chi connectivity index (χ3v) is 3.13. The van der Waals surface area contributed by atoms with Gasteiger partial charge in [-0.25, -0.2) is 4.39 Å². The summed E-state index contributed by atoms with van der Waals surface area (Å²) in [5.41, 5.74) is 2.98. The summed E-state index contributed by atoms with van der Waals surface area (Å²) in [5, 5.41) is 3.22. The van der Waals surface area contributed by atoms with Crippen molar-refractivity contribution in [2.45, 2.75) is 20.1 Å². The lowest BCUT2D eigenvalue weighted by Crippen LogP contribution is -2.04. The molecule has 2 rings (SSSR count). The predicted molar refractivity (Wildman–Crippen MR) is 82.1 cm³/mol. The normalized spacial score (nSPS) is 10.4. The quantitative estimate of drug-likeness (QED) is 0.836. The Morgan fingerprint density at radius 3 is 2.52 bits per heavy atom. The molecule has 0 saturated heterocycles. The van der Waals surface area contributed by atoms with Crippen LogP contribution in [0.1, 0.15) is 18.1 Å². The number of hydrogen-bond donors (Lipinski definition) is 1. The van der Waals surface area contributed by atoms with Crippen molar-refractivity contribution in [2.24, 2.45) is 0 Å². The maximum Gasteiger partial charge on any atom is 0.167 e. The first-order chi connectivity index (χ1) is 10.2. The summed E-state index contributed by atoms with van der Waals surface area (Å²) in [5.74, 6) is -0.0742. The van der Waals surface area contributed by atoms with Gasteiger partial charge in [-0.2, -0.15) is 0 Å². The molecule has 0 amide bonds. The van der Waals surface area contributed by atoms with Gasteiger partial charge < -0.3 is 14.8 Å². The molecule has 1 N–H and O–H groups in total. The monoisotopic (exact) mass is 289 g/mol. The van der Waals surface area contributed by atoms with Crippen LogP contribution in [-0.2, 0) is 17.9 Å². The predicted octanol–water partition coefficient (Wildman–Crippen LogP) is 3.98. The summed E-state index contributed by atoms with van der Waals surface area (Å²) in [6, 6.07) is 12.9. The molecule has 0 heterocycles. The number of methoxy groups -OCH3 is 1. The van der Waals surface area contributed by atoms with Crippen LogP contribution in [0.25, 0.3) is 0 Å². The zero-order chi connectivity index (χ0) is 15.1. The molecule has 0 saturated carbocycles. The van der Waals surface area contributed by atoms with Crippen LogP contribution in [-0.4, -0.2) is 13.7 Å². The minimum Gasteiger partial charge on any atom is -0.491 e. The highest BCUT2D eigenvalue weighted by Crippen LogP contribution is 2.22. The van der Waals surface area contributed by atoms with Crippen molar-refractivity contribution in [1.82, 2.24) is 0 Å². The first-order valence-corrected chi connectivity index (χ1v) is 6.96. The molecule has 3 nitrogen and oxygen atoms in total. The first-order valence-electron chi connectivity index (χ1n) is 6.96. The molecule has 0 aliphatic rings. The van der Waals surface area contributed by atoms with Crippen molar-refractivity contribution in [1.29, 1.82) is 0 Å². The molecular weight excluding hydrogens is 269 g/mol. The van der Waals surface area contributed by atoms with E-state index in [1.165, 1.54) is 6.07 Å². The fourth-order valence-corrected chi connectivity index (χ4v) is 2.11. The van der Waals surface area contributed by atoms with Gasteiger partial charge in [0.05, 0.1) is 13.2 Å². The second kappa shape index (κ2) is 7.64. The van der Waals surface area contributed by atoms with Crippen LogP contribution in [0.3, 0.4) is 0 Å². The fraction of sp³-hybridized carbons (Fsp3) is 0.294. The van der Waals surface area contributed by atoms with Crippen LogP contribution in [0, 0.1) is 5.82 Å². The molecule has 112 valence electrons. The van der Waals surface area contributed by atoms with Crippen molar-refractivity contribution >= 4 is 5.69 Å². The molecule has 0 atom stereocenters. The minimum atomic E-state index is -0.355. The smallest absolute Gasteiger partial charge is 0.167 e. The Hall–Kier alpha value is -2.07. The molecule has 0 radical (unpaired) electrons. The highest BCUT2D eigenvalue weighted by molar-refractivity contribution is 5.48. The molecule has 0 bridgehead atoms. The number of hydrogen-bond acceptors (Lipinski definition) is 3. The fourth-order valence-electron chi connectivity index (χ4n) is 2.11. The second-order valence-electron chi connectivity index (χ2n) is 4.63. The molecule has 21 heavy (non-hydrogen) atoms. The zero-order valence-corrected chi connectivity index (χ0v) is 12.4. The zero-order valence-electron chi connectivity index (χ0n) is 12.4. The number of ether oxygens (including phenoxy) is 2. The lowest BCUT2D eigenvalue weighted by molar-refractivity contribution is 0.184. The van der Waals surface area contributed by atoms with Gasteiger partial charge in [0.15, 0.2) is 11.6 Å². The average molecular weight is 289 g/mol. The molecule has 0 aromatic heterocycles. The van der Waals surface area contributed by atoms with Crippen LogP contribution in [0.4, 0.5) is 10.1 Å². The van der Waals surface area contributed by atoms with Gasteiger partial charge in [0.2, 0.25) is 0 Å². The topological polar surface area (TPSA) is 30.5 Å². The van der Waals surface area contributed by atoms with Crippen molar-refractivity contribution in [3.8, 4) is 5.75 Å². The maximum atomic E-state index is 13.8. The summed E-state index contributed by atoms with van der Waals surface area (Å²) in [7, 11) is 1.67. The van der Waals surface area contributed by atoms with E-state index in [0.717, 1.165) is 16.8 Å². The third kappa shape index (κ3) is 4.20. The second-order valence-corrected chi connectivity index (χ2v) is 4.63. The summed E-state index contributed by atoms with van der Waals surface area (Å²) in [6.45, 7) is 3.47. The molecule has 0 aliphatic carbocycles. The maximum absolute atomic E-state index is 13.8. The highest BCUT2D eigenvalue weighted by atomic mass is 19.1. The van der Waals surface area contributed by atoms with Gasteiger partial charge in [-0.3, -0.25) is 0 Å². The highest BCUT2D eigenvalue weighted by Gasteiger charge is 2.05. The van der Waals surface area contributed by atoms with E-state index in [1.807, 2.05) is 37.3 Å². The van der Waals surface area contributed by atoms with E-state index < -0.39 is 0 Å². The lowest BCUT2D eigenvalue weighted by atomic mass is 10.1. The summed E-state index contributed by atoms with van der Waals surface area (Å²) >= 11 is 0. The van der Waals surface area contributed by atoms with E-state index in [0.29, 0.717) is 19.8 Å². The van der Waals surface area contributed by atoms with Gasteiger partial charge in [-0.1, -0.05) is 24.3 Å². The van der Waals surface area contributed by atoms with Crippen LogP contribution in [0.2, 0.25) is 0 Å². The van der Waals surface area contributed by atoms with Gasteiger partial charge in [0, 0.05) is 25.4 Å². The van der Waals surface area contributed by atoms with Crippen molar-refractivity contribution in [2.75, 3.05) is 19.0 Å². The molecule has 2 aromatic carbocycles. The molecule has 0 aliphatic heterocycles. The van der Waals surface area contributed by atoms with Gasteiger partial charge >= 0.3 is 0 Å². The Balaban J connectivity index is 2.04. The SMILES string of the molecule is CCOc1ccc(NCc2ccccc2COC)cc1F. The summed E-state index contributed by atoms with van der Waals surface area (Å²) in [4.78, 5) is 0. The molecule has 4 heteroatoms. The Morgan fingerprint density at radius 1 is 1.10 bits per heavy atom. The molecule has 0 fully saturated rings. The van der Waals surface area contributed by atoms with Crippen LogP contribution < -0.4 is 10.1 Å². The number of benzene rings is 2. The van der Waals surface area contributed by atoms with E-state index in [2.05, 4.69) is 5.32 Å².